The van der Waals surface area contributed by atoms with Crippen molar-refractivity contribution in [2.75, 3.05) is 10.6 Å². The maximum absolute atomic E-state index is 12.1. The van der Waals surface area contributed by atoms with Crippen molar-refractivity contribution in [1.82, 2.24) is 14.8 Å². The van der Waals surface area contributed by atoms with Crippen LogP contribution in [0, 0.1) is 12.8 Å². The molecule has 1 aliphatic heterocycles. The quantitative estimate of drug-likeness (QED) is 0.645. The molecule has 2 N–H and O–H groups in total. The number of benzene rings is 2. The minimum absolute atomic E-state index is 0.120. The van der Waals surface area contributed by atoms with E-state index in [1.54, 1.807) is 4.68 Å². The minimum Gasteiger partial charge on any atom is -0.324 e. The number of allylic oxidation sites excluding steroid dienone is 1. The second-order valence-electron chi connectivity index (χ2n) is 7.42. The van der Waals surface area contributed by atoms with Crippen molar-refractivity contribution in [3.63, 3.8) is 0 Å². The molecule has 0 bridgehead atoms. The summed E-state index contributed by atoms with van der Waals surface area (Å²) in [5.74, 6) is 0.584. The number of carbonyl (C=O) groups excluding carboxylic acids is 1. The van der Waals surface area contributed by atoms with Gasteiger partial charge in [0.05, 0.1) is 0 Å². The molecule has 1 aromatic heterocycles. The van der Waals surface area contributed by atoms with Crippen LogP contribution in [-0.4, -0.2) is 20.7 Å². The van der Waals surface area contributed by atoms with Crippen molar-refractivity contribution in [2.24, 2.45) is 5.92 Å². The molecule has 2 heterocycles. The molecule has 148 valence electrons. The lowest BCUT2D eigenvalue weighted by Crippen LogP contribution is -2.20. The van der Waals surface area contributed by atoms with Gasteiger partial charge in [-0.2, -0.15) is 4.98 Å². The smallest absolute Gasteiger partial charge is 0.250 e. The van der Waals surface area contributed by atoms with Crippen LogP contribution in [0.4, 0.5) is 11.9 Å². The first-order valence-electron chi connectivity index (χ1n) is 9.49. The summed E-state index contributed by atoms with van der Waals surface area (Å²) in [6.07, 6.45) is 2.10. The van der Waals surface area contributed by atoms with Crippen LogP contribution in [0.5, 0.6) is 0 Å². The van der Waals surface area contributed by atoms with Gasteiger partial charge in [-0.1, -0.05) is 67.4 Å². The molecule has 0 saturated heterocycles. The van der Waals surface area contributed by atoms with Crippen molar-refractivity contribution < 1.29 is 4.79 Å². The first-order valence-corrected chi connectivity index (χ1v) is 9.87. The van der Waals surface area contributed by atoms with Crippen molar-refractivity contribution in [1.29, 1.82) is 0 Å². The SMILES string of the molecule is Cc1ccc(C2C=C(c3ccc(Cl)cc3)Nc3nc(NC(=O)C(C)C)nn32)cc1. The number of nitrogens with one attached hydrogen (secondary N) is 2. The van der Waals surface area contributed by atoms with Crippen LogP contribution >= 0.6 is 11.6 Å². The summed E-state index contributed by atoms with van der Waals surface area (Å²) in [4.78, 5) is 16.6. The lowest BCUT2D eigenvalue weighted by Gasteiger charge is -2.24. The highest BCUT2D eigenvalue weighted by atomic mass is 35.5. The van der Waals surface area contributed by atoms with E-state index in [2.05, 4.69) is 58.0 Å². The maximum atomic E-state index is 12.1. The molecule has 3 aromatic rings. The number of aryl methyl sites for hydroxylation is 1. The third-order valence-corrected chi connectivity index (χ3v) is 5.05. The number of fused-ring (bicyclic) bond motifs is 1. The molecule has 1 amide bonds. The third-order valence-electron chi connectivity index (χ3n) is 4.80. The number of hydrogen-bond donors (Lipinski definition) is 2. The zero-order valence-electron chi connectivity index (χ0n) is 16.5. The van der Waals surface area contributed by atoms with Gasteiger partial charge in [-0.3, -0.25) is 10.1 Å². The molecule has 29 heavy (non-hydrogen) atoms. The third kappa shape index (κ3) is 4.03. The Bertz CT molecular complexity index is 1070. The number of hydrogen-bond acceptors (Lipinski definition) is 4. The van der Waals surface area contributed by atoms with E-state index < -0.39 is 0 Å². The predicted octanol–water partition coefficient (Wildman–Crippen LogP) is 4.89. The van der Waals surface area contributed by atoms with Gasteiger partial charge in [-0.15, -0.1) is 5.10 Å². The molecule has 0 spiro atoms. The van der Waals surface area contributed by atoms with Gasteiger partial charge in [-0.25, -0.2) is 4.68 Å². The molecule has 1 unspecified atom stereocenters. The van der Waals surface area contributed by atoms with Crippen molar-refractivity contribution >= 4 is 35.1 Å². The number of nitrogens with zero attached hydrogens (tertiary/aromatic N) is 3. The van der Waals surface area contributed by atoms with Crippen LogP contribution in [0.2, 0.25) is 5.02 Å². The monoisotopic (exact) mass is 407 g/mol. The van der Waals surface area contributed by atoms with E-state index in [9.17, 15) is 4.79 Å². The molecule has 0 radical (unpaired) electrons. The Kier molecular flexibility index (Phi) is 5.11. The number of halogens is 1. The summed E-state index contributed by atoms with van der Waals surface area (Å²) in [7, 11) is 0. The zero-order chi connectivity index (χ0) is 20.5. The summed E-state index contributed by atoms with van der Waals surface area (Å²) < 4.78 is 1.79. The van der Waals surface area contributed by atoms with E-state index in [1.165, 1.54) is 5.56 Å². The topological polar surface area (TPSA) is 71.8 Å². The van der Waals surface area contributed by atoms with E-state index in [0.717, 1.165) is 16.8 Å². The summed E-state index contributed by atoms with van der Waals surface area (Å²) in [6, 6.07) is 15.8. The fraction of sp³-hybridized carbons (Fsp3) is 0.227. The second-order valence-corrected chi connectivity index (χ2v) is 7.85. The van der Waals surface area contributed by atoms with Gasteiger partial charge in [0.1, 0.15) is 6.04 Å². The summed E-state index contributed by atoms with van der Waals surface area (Å²) in [6.45, 7) is 5.72. The number of anilines is 2. The Morgan fingerprint density at radius 2 is 1.83 bits per heavy atom. The van der Waals surface area contributed by atoms with Gasteiger partial charge in [-0.05, 0) is 36.3 Å². The molecule has 4 rings (SSSR count). The Balaban J connectivity index is 1.75. The standard InChI is InChI=1S/C22H22ClN5O/c1-13(2)20(29)25-21-26-22-24-18(15-8-10-17(23)11-9-15)12-19(28(22)27-21)16-6-4-14(3)5-7-16/h4-13,19H,1-3H3,(H2,24,25,26,27,29). The molecular formula is C22H22ClN5O. The minimum atomic E-state index is -0.158. The fourth-order valence-corrected chi connectivity index (χ4v) is 3.23. The van der Waals surface area contributed by atoms with E-state index in [0.29, 0.717) is 11.0 Å². The Labute approximate surface area is 174 Å². The number of carbonyl (C=O) groups is 1. The number of aromatic nitrogens is 3. The highest BCUT2D eigenvalue weighted by Crippen LogP contribution is 2.33. The number of rotatable bonds is 4. The summed E-state index contributed by atoms with van der Waals surface area (Å²) in [5.41, 5.74) is 4.17. The molecule has 0 aliphatic carbocycles. The molecule has 7 heteroatoms. The van der Waals surface area contributed by atoms with Gasteiger partial charge in [0.25, 0.3) is 5.95 Å². The Morgan fingerprint density at radius 3 is 2.48 bits per heavy atom. The molecule has 0 fully saturated rings. The highest BCUT2D eigenvalue weighted by molar-refractivity contribution is 6.30. The largest absolute Gasteiger partial charge is 0.324 e. The van der Waals surface area contributed by atoms with Crippen LogP contribution in [0.1, 0.15) is 36.6 Å². The highest BCUT2D eigenvalue weighted by Gasteiger charge is 2.26. The van der Waals surface area contributed by atoms with Crippen LogP contribution in [0.15, 0.2) is 54.6 Å². The van der Waals surface area contributed by atoms with Gasteiger partial charge >= 0.3 is 0 Å². The van der Waals surface area contributed by atoms with Gasteiger partial charge in [0, 0.05) is 16.6 Å². The van der Waals surface area contributed by atoms with Gasteiger partial charge in [0.2, 0.25) is 11.9 Å². The van der Waals surface area contributed by atoms with Crippen molar-refractivity contribution in [3.8, 4) is 0 Å². The molecule has 1 atom stereocenters. The van der Waals surface area contributed by atoms with E-state index >= 15 is 0 Å². The van der Waals surface area contributed by atoms with E-state index in [-0.39, 0.29) is 23.8 Å². The first-order chi connectivity index (χ1) is 13.9. The van der Waals surface area contributed by atoms with Crippen LogP contribution in [-0.2, 0) is 4.79 Å². The molecular weight excluding hydrogens is 386 g/mol. The zero-order valence-corrected chi connectivity index (χ0v) is 17.2. The maximum Gasteiger partial charge on any atom is 0.250 e. The average molecular weight is 408 g/mol. The Morgan fingerprint density at radius 1 is 1.14 bits per heavy atom. The molecule has 6 nitrogen and oxygen atoms in total. The first kappa shape index (κ1) is 19.2. The van der Waals surface area contributed by atoms with Crippen molar-refractivity contribution in [2.45, 2.75) is 26.8 Å². The van der Waals surface area contributed by atoms with Crippen molar-refractivity contribution in [3.05, 3.63) is 76.3 Å². The normalized spacial score (nSPS) is 15.5. The lowest BCUT2D eigenvalue weighted by atomic mass is 10.0. The molecule has 1 aliphatic rings. The summed E-state index contributed by atoms with van der Waals surface area (Å²) in [5, 5.41) is 11.3. The predicted molar refractivity (Wildman–Crippen MR) is 116 cm³/mol. The molecule has 0 saturated carbocycles. The van der Waals surface area contributed by atoms with Crippen LogP contribution in [0.25, 0.3) is 5.70 Å². The van der Waals surface area contributed by atoms with E-state index in [1.807, 2.05) is 38.1 Å². The van der Waals surface area contributed by atoms with Gasteiger partial charge < -0.3 is 5.32 Å². The summed E-state index contributed by atoms with van der Waals surface area (Å²) >= 11 is 6.04. The second kappa shape index (κ2) is 7.72. The Hall–Kier alpha value is -3.12. The van der Waals surface area contributed by atoms with Gasteiger partial charge in [0.15, 0.2) is 0 Å². The van der Waals surface area contributed by atoms with Crippen LogP contribution < -0.4 is 10.6 Å². The average Bonchev–Trinajstić information content (AvgIpc) is 3.10. The lowest BCUT2D eigenvalue weighted by molar-refractivity contribution is -0.118. The van der Waals surface area contributed by atoms with E-state index in [4.69, 9.17) is 11.6 Å². The van der Waals surface area contributed by atoms with Crippen LogP contribution in [0.3, 0.4) is 0 Å². The fourth-order valence-electron chi connectivity index (χ4n) is 3.10. The molecule has 2 aromatic carbocycles. The number of amides is 1.